The summed E-state index contributed by atoms with van der Waals surface area (Å²) in [5.41, 5.74) is 0.824. The molecule has 1 heterocycles. The van der Waals surface area contributed by atoms with Crippen LogP contribution in [0.4, 0.5) is 0 Å². The number of carbonyl (C=O) groups is 1. The van der Waals surface area contributed by atoms with Gasteiger partial charge in [-0.2, -0.15) is 0 Å². The molecule has 0 saturated carbocycles. The number of hydrogen-bond acceptors (Lipinski definition) is 3. The quantitative estimate of drug-likeness (QED) is 0.755. The molecule has 0 bridgehead atoms. The van der Waals surface area contributed by atoms with Crippen LogP contribution in [0.1, 0.15) is 24.5 Å². The zero-order valence-corrected chi connectivity index (χ0v) is 15.7. The Labute approximate surface area is 159 Å². The first kappa shape index (κ1) is 18.7. The average Bonchev–Trinajstić information content (AvgIpc) is 2.69. The van der Waals surface area contributed by atoms with Crippen molar-refractivity contribution in [1.82, 2.24) is 4.90 Å². The summed E-state index contributed by atoms with van der Waals surface area (Å²) in [4.78, 5) is 14.9. The number of rotatable bonds is 6. The van der Waals surface area contributed by atoms with E-state index in [0.29, 0.717) is 24.1 Å². The maximum Gasteiger partial charge on any atom is 0.256 e. The van der Waals surface area contributed by atoms with Crippen molar-refractivity contribution in [2.45, 2.75) is 18.9 Å². The van der Waals surface area contributed by atoms with E-state index in [2.05, 4.69) is 0 Å². The first-order valence-corrected chi connectivity index (χ1v) is 9.30. The number of para-hydroxylation sites is 1. The van der Waals surface area contributed by atoms with E-state index >= 15 is 0 Å². The van der Waals surface area contributed by atoms with E-state index in [1.54, 1.807) is 19.2 Å². The number of ether oxygens (including phenoxy) is 2. The van der Waals surface area contributed by atoms with Crippen molar-refractivity contribution < 1.29 is 14.3 Å². The van der Waals surface area contributed by atoms with Gasteiger partial charge in [-0.1, -0.05) is 41.9 Å². The summed E-state index contributed by atoms with van der Waals surface area (Å²) in [6.07, 6.45) is 1.45. The van der Waals surface area contributed by atoms with Crippen molar-refractivity contribution in [2.75, 3.05) is 26.8 Å². The molecule has 1 aliphatic rings. The molecule has 138 valence electrons. The van der Waals surface area contributed by atoms with Gasteiger partial charge < -0.3 is 14.4 Å². The molecule has 2 aromatic rings. The summed E-state index contributed by atoms with van der Waals surface area (Å²) >= 11 is 5.94. The van der Waals surface area contributed by atoms with Crippen LogP contribution < -0.4 is 4.74 Å². The van der Waals surface area contributed by atoms with Gasteiger partial charge in [-0.3, -0.25) is 4.79 Å². The lowest BCUT2D eigenvalue weighted by Gasteiger charge is -2.34. The summed E-state index contributed by atoms with van der Waals surface area (Å²) in [5, 5.41) is 0.646. The van der Waals surface area contributed by atoms with Crippen LogP contribution in [-0.4, -0.2) is 37.6 Å². The number of benzene rings is 2. The first-order chi connectivity index (χ1) is 12.7. The fourth-order valence-corrected chi connectivity index (χ4v) is 3.44. The molecule has 2 atom stereocenters. The third kappa shape index (κ3) is 4.77. The number of hydrogen-bond donors (Lipinski definition) is 0. The molecule has 4 nitrogen and oxygen atoms in total. The van der Waals surface area contributed by atoms with Crippen molar-refractivity contribution in [2.24, 2.45) is 5.92 Å². The van der Waals surface area contributed by atoms with Gasteiger partial charge in [0, 0.05) is 31.1 Å². The second-order valence-electron chi connectivity index (χ2n) is 6.58. The lowest BCUT2D eigenvalue weighted by Crippen LogP contribution is -2.44. The molecule has 2 unspecified atom stereocenters. The molecule has 0 spiro atoms. The monoisotopic (exact) mass is 373 g/mol. The maximum absolute atomic E-state index is 13.0. The Kier molecular flexibility index (Phi) is 6.53. The highest BCUT2D eigenvalue weighted by molar-refractivity contribution is 6.30. The van der Waals surface area contributed by atoms with Gasteiger partial charge in [0.1, 0.15) is 5.75 Å². The van der Waals surface area contributed by atoms with E-state index in [1.807, 2.05) is 47.4 Å². The van der Waals surface area contributed by atoms with Crippen LogP contribution >= 0.6 is 11.6 Å². The number of likely N-dealkylation sites (tertiary alicyclic amines) is 1. The van der Waals surface area contributed by atoms with Gasteiger partial charge in [-0.05, 0) is 42.7 Å². The first-order valence-electron chi connectivity index (χ1n) is 8.92. The lowest BCUT2D eigenvalue weighted by molar-refractivity contribution is -0.144. The predicted octanol–water partition coefficient (Wildman–Crippen LogP) is 4.35. The summed E-state index contributed by atoms with van der Waals surface area (Å²) < 4.78 is 11.4. The molecule has 1 aliphatic heterocycles. The molecule has 5 heteroatoms. The highest BCUT2D eigenvalue weighted by Crippen LogP contribution is 2.25. The van der Waals surface area contributed by atoms with Crippen LogP contribution in [0.3, 0.4) is 0 Å². The fourth-order valence-electron chi connectivity index (χ4n) is 3.31. The summed E-state index contributed by atoms with van der Waals surface area (Å²) in [6, 6.07) is 17.0. The van der Waals surface area contributed by atoms with Gasteiger partial charge >= 0.3 is 0 Å². The second kappa shape index (κ2) is 9.06. The Hall–Kier alpha value is -2.04. The summed E-state index contributed by atoms with van der Waals surface area (Å²) in [6.45, 7) is 2.07. The molecule has 26 heavy (non-hydrogen) atoms. The maximum atomic E-state index is 13.0. The van der Waals surface area contributed by atoms with Crippen molar-refractivity contribution in [3.05, 3.63) is 65.2 Å². The van der Waals surface area contributed by atoms with E-state index in [9.17, 15) is 4.79 Å². The van der Waals surface area contributed by atoms with Crippen molar-refractivity contribution in [3.63, 3.8) is 0 Å². The molecular weight excluding hydrogens is 350 g/mol. The molecule has 0 N–H and O–H groups in total. The Morgan fingerprint density at radius 1 is 1.19 bits per heavy atom. The van der Waals surface area contributed by atoms with Crippen LogP contribution in [0.2, 0.25) is 5.02 Å². The minimum absolute atomic E-state index is 0.000710. The Morgan fingerprint density at radius 3 is 2.62 bits per heavy atom. The SMILES string of the molecule is COC(C(=O)N1CCCC(COc2ccccc2)C1)c1ccc(Cl)cc1. The molecule has 0 aromatic heterocycles. The van der Waals surface area contributed by atoms with Gasteiger partial charge in [0.2, 0.25) is 0 Å². The normalized spacial score (nSPS) is 18.4. The molecule has 0 radical (unpaired) electrons. The molecule has 3 rings (SSSR count). The Bertz CT molecular complexity index is 705. The zero-order valence-electron chi connectivity index (χ0n) is 14.9. The Balaban J connectivity index is 1.60. The van der Waals surface area contributed by atoms with Crippen molar-refractivity contribution >= 4 is 17.5 Å². The standard InChI is InChI=1S/C21H24ClNO3/c1-25-20(17-9-11-18(22)12-10-17)21(24)23-13-5-6-16(14-23)15-26-19-7-3-2-4-8-19/h2-4,7-12,16,20H,5-6,13-15H2,1H3. The van der Waals surface area contributed by atoms with Crippen LogP contribution in [0.15, 0.2) is 54.6 Å². The van der Waals surface area contributed by atoms with Crippen LogP contribution in [-0.2, 0) is 9.53 Å². The van der Waals surface area contributed by atoms with Gasteiger partial charge in [-0.15, -0.1) is 0 Å². The lowest BCUT2D eigenvalue weighted by atomic mass is 9.97. The van der Waals surface area contributed by atoms with Crippen LogP contribution in [0.25, 0.3) is 0 Å². The number of methoxy groups -OCH3 is 1. The zero-order chi connectivity index (χ0) is 18.4. The summed E-state index contributed by atoms with van der Waals surface area (Å²) in [5.74, 6) is 1.20. The molecule has 0 aliphatic carbocycles. The number of carbonyl (C=O) groups excluding carboxylic acids is 1. The number of piperidine rings is 1. The topological polar surface area (TPSA) is 38.8 Å². The van der Waals surface area contributed by atoms with E-state index in [4.69, 9.17) is 21.1 Å². The number of amides is 1. The highest BCUT2D eigenvalue weighted by atomic mass is 35.5. The van der Waals surface area contributed by atoms with Gasteiger partial charge in [0.15, 0.2) is 6.10 Å². The van der Waals surface area contributed by atoms with E-state index in [1.165, 1.54) is 0 Å². The van der Waals surface area contributed by atoms with E-state index in [0.717, 1.165) is 30.7 Å². The second-order valence-corrected chi connectivity index (χ2v) is 7.02. The molecule has 2 aromatic carbocycles. The molecule has 1 fully saturated rings. The third-order valence-electron chi connectivity index (χ3n) is 4.69. The van der Waals surface area contributed by atoms with Crippen molar-refractivity contribution in [1.29, 1.82) is 0 Å². The highest BCUT2D eigenvalue weighted by Gasteiger charge is 2.30. The number of halogens is 1. The van der Waals surface area contributed by atoms with Crippen LogP contribution in [0, 0.1) is 5.92 Å². The predicted molar refractivity (Wildman–Crippen MR) is 102 cm³/mol. The molecule has 1 saturated heterocycles. The van der Waals surface area contributed by atoms with Gasteiger partial charge in [0.25, 0.3) is 5.91 Å². The smallest absolute Gasteiger partial charge is 0.256 e. The van der Waals surface area contributed by atoms with Gasteiger partial charge in [0.05, 0.1) is 6.61 Å². The minimum atomic E-state index is -0.596. The largest absolute Gasteiger partial charge is 0.493 e. The van der Waals surface area contributed by atoms with Gasteiger partial charge in [-0.25, -0.2) is 0 Å². The minimum Gasteiger partial charge on any atom is -0.493 e. The Morgan fingerprint density at radius 2 is 1.92 bits per heavy atom. The van der Waals surface area contributed by atoms with Crippen LogP contribution in [0.5, 0.6) is 5.75 Å². The average molecular weight is 374 g/mol. The fraction of sp³-hybridized carbons (Fsp3) is 0.381. The van der Waals surface area contributed by atoms with E-state index < -0.39 is 6.10 Å². The molecular formula is C21H24ClNO3. The number of nitrogens with zero attached hydrogens (tertiary/aromatic N) is 1. The summed E-state index contributed by atoms with van der Waals surface area (Å²) in [7, 11) is 1.57. The third-order valence-corrected chi connectivity index (χ3v) is 4.94. The van der Waals surface area contributed by atoms with Crippen molar-refractivity contribution in [3.8, 4) is 5.75 Å². The van der Waals surface area contributed by atoms with E-state index in [-0.39, 0.29) is 5.91 Å². The molecule has 1 amide bonds.